The Kier molecular flexibility index (Phi) is 2.53. The summed E-state index contributed by atoms with van der Waals surface area (Å²) >= 11 is 3.34. The van der Waals surface area contributed by atoms with E-state index in [1.807, 2.05) is 11.8 Å². The number of rotatable bonds is 0. The van der Waals surface area contributed by atoms with Crippen LogP contribution in [0.4, 0.5) is 15.8 Å². The third kappa shape index (κ3) is 1.58. The lowest BCUT2D eigenvalue weighted by molar-refractivity contribution is 0.352. The molecule has 0 bridgehead atoms. The highest BCUT2D eigenvalue weighted by Crippen LogP contribution is 2.51. The van der Waals surface area contributed by atoms with E-state index in [4.69, 9.17) is 4.74 Å². The highest BCUT2D eigenvalue weighted by Gasteiger charge is 2.47. The van der Waals surface area contributed by atoms with E-state index in [9.17, 15) is 4.39 Å². The molecule has 21 heavy (non-hydrogen) atoms. The largest absolute Gasteiger partial charge is 0.492 e. The van der Waals surface area contributed by atoms with Gasteiger partial charge in [-0.05, 0) is 36.7 Å². The maximum Gasteiger partial charge on any atom is 0.167 e. The minimum Gasteiger partial charge on any atom is -0.492 e. The second kappa shape index (κ2) is 4.03. The molecule has 5 nitrogen and oxygen atoms in total. The summed E-state index contributed by atoms with van der Waals surface area (Å²) in [6.07, 6.45) is 0.661. The first kappa shape index (κ1) is 13.2. The topological polar surface area (TPSA) is 48.9 Å². The highest BCUT2D eigenvalue weighted by molar-refractivity contribution is 9.10. The molecule has 1 atom stereocenters. The van der Waals surface area contributed by atoms with Crippen LogP contribution in [-0.4, -0.2) is 24.1 Å². The fraction of sp³-hybridized carbons (Fsp3) is 0.500. The lowest BCUT2D eigenvalue weighted by atomic mass is 9.93. The fourth-order valence-corrected chi connectivity index (χ4v) is 3.87. The summed E-state index contributed by atoms with van der Waals surface area (Å²) in [5.74, 6) is 1.08. The maximum absolute atomic E-state index is 14.9. The van der Waals surface area contributed by atoms with Gasteiger partial charge in [0.1, 0.15) is 23.4 Å². The number of anilines is 2. The third-order valence-electron chi connectivity index (χ3n) is 4.34. The zero-order valence-corrected chi connectivity index (χ0v) is 13.6. The Labute approximate surface area is 130 Å². The minimum absolute atomic E-state index is 0.119. The predicted octanol–water partition coefficient (Wildman–Crippen LogP) is 2.80. The Balaban J connectivity index is 2.03. The van der Waals surface area contributed by atoms with Crippen molar-refractivity contribution in [1.82, 2.24) is 5.43 Å². The smallest absolute Gasteiger partial charge is 0.167 e. The van der Waals surface area contributed by atoms with E-state index in [0.29, 0.717) is 22.5 Å². The van der Waals surface area contributed by atoms with E-state index >= 15 is 0 Å². The second-order valence-corrected chi connectivity index (χ2v) is 6.96. The Bertz CT molecular complexity index is 688. The molecule has 1 aromatic carbocycles. The predicted molar refractivity (Wildman–Crippen MR) is 83.5 cm³/mol. The van der Waals surface area contributed by atoms with Crippen LogP contribution in [0.15, 0.2) is 9.57 Å². The molecule has 0 saturated heterocycles. The highest BCUT2D eigenvalue weighted by atomic mass is 79.9. The molecule has 3 heterocycles. The van der Waals surface area contributed by atoms with E-state index in [0.717, 1.165) is 23.5 Å². The van der Waals surface area contributed by atoms with Crippen molar-refractivity contribution in [1.29, 1.82) is 0 Å². The number of benzene rings is 1. The number of nitrogens with zero attached hydrogens (tertiary/aromatic N) is 2. The Hall–Kier alpha value is -1.50. The summed E-state index contributed by atoms with van der Waals surface area (Å²) in [6, 6.07) is 0. The van der Waals surface area contributed by atoms with Gasteiger partial charge in [-0.1, -0.05) is 0 Å². The van der Waals surface area contributed by atoms with Crippen molar-refractivity contribution in [3.8, 4) is 5.75 Å². The van der Waals surface area contributed by atoms with Crippen LogP contribution >= 0.6 is 15.9 Å². The Morgan fingerprint density at radius 1 is 1.48 bits per heavy atom. The minimum atomic E-state index is -0.308. The van der Waals surface area contributed by atoms with Gasteiger partial charge in [0.2, 0.25) is 0 Å². The van der Waals surface area contributed by atoms with Gasteiger partial charge >= 0.3 is 0 Å². The summed E-state index contributed by atoms with van der Waals surface area (Å²) in [6.45, 7) is 6.63. The average molecular weight is 355 g/mol. The zero-order valence-electron chi connectivity index (χ0n) is 12.1. The van der Waals surface area contributed by atoms with Gasteiger partial charge in [0, 0.05) is 12.0 Å². The molecule has 0 radical (unpaired) electrons. The molecular formula is C14H16BrFN4O. The average Bonchev–Trinajstić information content (AvgIpc) is 3.03. The Morgan fingerprint density at radius 2 is 2.24 bits per heavy atom. The molecule has 112 valence electrons. The first-order chi connectivity index (χ1) is 9.92. The molecule has 1 unspecified atom stereocenters. The summed E-state index contributed by atoms with van der Waals surface area (Å²) in [5, 5.41) is 7.76. The molecule has 7 heteroatoms. The van der Waals surface area contributed by atoms with E-state index in [2.05, 4.69) is 45.6 Å². The number of hydrogen-bond acceptors (Lipinski definition) is 5. The van der Waals surface area contributed by atoms with Crippen LogP contribution in [0.2, 0.25) is 0 Å². The van der Waals surface area contributed by atoms with E-state index < -0.39 is 0 Å². The summed E-state index contributed by atoms with van der Waals surface area (Å²) in [5.41, 5.74) is 5.20. The summed E-state index contributed by atoms with van der Waals surface area (Å²) in [4.78, 5) is 1.94. The number of fused-ring (bicyclic) bond motifs is 5. The molecule has 4 rings (SSSR count). The van der Waals surface area contributed by atoms with E-state index in [1.54, 1.807) is 0 Å². The molecule has 0 fully saturated rings. The molecule has 1 aromatic rings. The molecular weight excluding hydrogens is 339 g/mol. The molecule has 3 aliphatic rings. The third-order valence-corrected chi connectivity index (χ3v) is 5.05. The first-order valence-electron chi connectivity index (χ1n) is 6.95. The van der Waals surface area contributed by atoms with Gasteiger partial charge in [-0.15, -0.1) is 0 Å². The van der Waals surface area contributed by atoms with Gasteiger partial charge in [0.15, 0.2) is 5.82 Å². The number of ether oxygens (including phenoxy) is 1. The molecule has 0 aromatic heterocycles. The number of nitrogens with one attached hydrogen (secondary N) is 2. The van der Waals surface area contributed by atoms with Crippen LogP contribution in [0.1, 0.15) is 26.3 Å². The van der Waals surface area contributed by atoms with Crippen LogP contribution in [0.5, 0.6) is 5.75 Å². The number of hydrogen-bond donors (Lipinski definition) is 2. The van der Waals surface area contributed by atoms with Crippen molar-refractivity contribution in [2.24, 2.45) is 5.10 Å². The quantitative estimate of drug-likeness (QED) is 0.752. The number of amidine groups is 1. The van der Waals surface area contributed by atoms with Crippen molar-refractivity contribution in [3.63, 3.8) is 0 Å². The van der Waals surface area contributed by atoms with Crippen molar-refractivity contribution < 1.29 is 9.13 Å². The van der Waals surface area contributed by atoms with Crippen molar-refractivity contribution in [3.05, 3.63) is 15.9 Å². The Morgan fingerprint density at radius 3 is 3.00 bits per heavy atom. The van der Waals surface area contributed by atoms with Crippen molar-refractivity contribution in [2.45, 2.75) is 38.9 Å². The zero-order chi connectivity index (χ0) is 14.9. The van der Waals surface area contributed by atoms with Crippen LogP contribution in [0.3, 0.4) is 0 Å². The lowest BCUT2D eigenvalue weighted by Crippen LogP contribution is -2.60. The standard InChI is InChI=1S/C14H16BrFN4O/c1-6-18-19-13-14(2,3)17-10-7-4-5-21-12(7)8(15)9(16)11(10)20(6)13/h13,17,19H,4-5H2,1-3H3. The summed E-state index contributed by atoms with van der Waals surface area (Å²) in [7, 11) is 0. The lowest BCUT2D eigenvalue weighted by Gasteiger charge is -2.45. The molecule has 2 N–H and O–H groups in total. The molecule has 0 aliphatic carbocycles. The first-order valence-corrected chi connectivity index (χ1v) is 7.75. The second-order valence-electron chi connectivity index (χ2n) is 6.17. The number of hydrazone groups is 1. The van der Waals surface area contributed by atoms with Gasteiger partial charge in [-0.3, -0.25) is 10.3 Å². The van der Waals surface area contributed by atoms with Gasteiger partial charge in [-0.25, -0.2) is 4.39 Å². The van der Waals surface area contributed by atoms with Crippen molar-refractivity contribution in [2.75, 3.05) is 16.8 Å². The van der Waals surface area contributed by atoms with Gasteiger partial charge in [-0.2, -0.15) is 5.10 Å². The van der Waals surface area contributed by atoms with Crippen LogP contribution < -0.4 is 20.4 Å². The normalized spacial score (nSPS) is 24.3. The van der Waals surface area contributed by atoms with Gasteiger partial charge < -0.3 is 10.1 Å². The molecule has 0 amide bonds. The van der Waals surface area contributed by atoms with Crippen LogP contribution in [0, 0.1) is 5.82 Å². The summed E-state index contributed by atoms with van der Waals surface area (Å²) < 4.78 is 20.9. The molecule has 3 aliphatic heterocycles. The SMILES string of the molecule is CC1=NNC2N1c1c(F)c(Br)c3c(c1NC2(C)C)CCO3. The molecule has 0 saturated carbocycles. The van der Waals surface area contributed by atoms with E-state index in [-0.39, 0.29) is 17.5 Å². The fourth-order valence-electron chi connectivity index (χ4n) is 3.33. The van der Waals surface area contributed by atoms with Gasteiger partial charge in [0.05, 0.1) is 22.3 Å². The van der Waals surface area contributed by atoms with Crippen LogP contribution in [0.25, 0.3) is 0 Å². The van der Waals surface area contributed by atoms with Crippen molar-refractivity contribution >= 4 is 33.1 Å². The van der Waals surface area contributed by atoms with Gasteiger partial charge in [0.25, 0.3) is 0 Å². The van der Waals surface area contributed by atoms with Crippen LogP contribution in [-0.2, 0) is 6.42 Å². The maximum atomic E-state index is 14.9. The number of halogens is 2. The molecule has 0 spiro atoms. The monoisotopic (exact) mass is 354 g/mol. The van der Waals surface area contributed by atoms with E-state index in [1.165, 1.54) is 0 Å².